The van der Waals surface area contributed by atoms with Crippen molar-refractivity contribution in [1.82, 2.24) is 15.8 Å². The molecule has 2 N–H and O–H groups in total. The van der Waals surface area contributed by atoms with Gasteiger partial charge in [0, 0.05) is 16.4 Å². The second-order valence-electron chi connectivity index (χ2n) is 6.69. The van der Waals surface area contributed by atoms with Gasteiger partial charge in [-0.2, -0.15) is 0 Å². The number of aryl methyl sites for hydroxylation is 2. The van der Waals surface area contributed by atoms with E-state index in [0.29, 0.717) is 6.61 Å². The second kappa shape index (κ2) is 11.3. The number of thioether (sulfide) groups is 1. The van der Waals surface area contributed by atoms with Crippen molar-refractivity contribution in [1.29, 1.82) is 0 Å². The average molecular weight is 454 g/mol. The summed E-state index contributed by atoms with van der Waals surface area (Å²) in [5, 5.41) is 2.99. The van der Waals surface area contributed by atoms with E-state index in [0.717, 1.165) is 26.9 Å². The zero-order valence-corrected chi connectivity index (χ0v) is 18.9. The van der Waals surface area contributed by atoms with Gasteiger partial charge in [0.2, 0.25) is 5.91 Å². The van der Waals surface area contributed by atoms with Gasteiger partial charge < -0.3 is 4.74 Å². The highest BCUT2D eigenvalue weighted by molar-refractivity contribution is 8.00. The fourth-order valence-corrected chi connectivity index (χ4v) is 3.77. The number of hydrazine groups is 1. The topological polar surface area (TPSA) is 80.3 Å². The Morgan fingerprint density at radius 1 is 1.06 bits per heavy atom. The molecule has 0 aliphatic carbocycles. The zero-order chi connectivity index (χ0) is 22.1. The number of ether oxygens (including phenoxy) is 1. The van der Waals surface area contributed by atoms with Crippen LogP contribution in [-0.2, 0) is 16.2 Å². The summed E-state index contributed by atoms with van der Waals surface area (Å²) >= 11 is 3.00. The highest BCUT2D eigenvalue weighted by atomic mass is 32.2. The van der Waals surface area contributed by atoms with Gasteiger partial charge in [-0.3, -0.25) is 20.4 Å². The Bertz CT molecular complexity index is 1040. The molecule has 0 bridgehead atoms. The number of carbonyl (C=O) groups excluding carboxylic acids is 2. The zero-order valence-electron chi connectivity index (χ0n) is 17.3. The van der Waals surface area contributed by atoms with Gasteiger partial charge in [-0.1, -0.05) is 29.8 Å². The van der Waals surface area contributed by atoms with E-state index in [2.05, 4.69) is 15.8 Å². The number of thiazole rings is 1. The van der Waals surface area contributed by atoms with Gasteiger partial charge in [0.25, 0.3) is 5.91 Å². The molecule has 0 spiro atoms. The Balaban J connectivity index is 1.37. The molecule has 2 amide bonds. The summed E-state index contributed by atoms with van der Waals surface area (Å²) in [5.74, 6) is 0.261. The molecule has 1 heterocycles. The number of carbonyl (C=O) groups is 2. The van der Waals surface area contributed by atoms with Gasteiger partial charge in [0.1, 0.15) is 12.4 Å². The molecule has 0 saturated carbocycles. The monoisotopic (exact) mass is 453 g/mol. The predicted molar refractivity (Wildman–Crippen MR) is 125 cm³/mol. The first-order valence-corrected chi connectivity index (χ1v) is 11.4. The molecular formula is C23H23N3O3S2. The van der Waals surface area contributed by atoms with Crippen molar-refractivity contribution in [3.05, 3.63) is 81.8 Å². The molecule has 2 aromatic carbocycles. The SMILES string of the molecule is Cc1ccc(SCC(=O)NNC(=O)/C=C/c2ccc(OCc3csc(C)n3)cc2)cc1. The first kappa shape index (κ1) is 22.6. The van der Waals surface area contributed by atoms with Crippen LogP contribution in [0, 0.1) is 13.8 Å². The van der Waals surface area contributed by atoms with Gasteiger partial charge >= 0.3 is 0 Å². The fraction of sp³-hybridized carbons (Fsp3) is 0.174. The van der Waals surface area contributed by atoms with Crippen molar-refractivity contribution < 1.29 is 14.3 Å². The first-order chi connectivity index (χ1) is 15.0. The van der Waals surface area contributed by atoms with Crippen LogP contribution in [0.5, 0.6) is 5.75 Å². The molecule has 1 aromatic heterocycles. The minimum atomic E-state index is -0.409. The van der Waals surface area contributed by atoms with Gasteiger partial charge in [-0.05, 0) is 49.8 Å². The number of benzene rings is 2. The van der Waals surface area contributed by atoms with Crippen LogP contribution in [-0.4, -0.2) is 22.6 Å². The number of hydrogen-bond donors (Lipinski definition) is 2. The maximum Gasteiger partial charge on any atom is 0.262 e. The smallest absolute Gasteiger partial charge is 0.262 e. The minimum Gasteiger partial charge on any atom is -0.487 e. The molecule has 31 heavy (non-hydrogen) atoms. The van der Waals surface area contributed by atoms with Gasteiger partial charge in [-0.15, -0.1) is 23.1 Å². The molecule has 0 fully saturated rings. The van der Waals surface area contributed by atoms with Crippen LogP contribution in [0.4, 0.5) is 0 Å². The van der Waals surface area contributed by atoms with Crippen molar-refractivity contribution in [2.75, 3.05) is 5.75 Å². The Labute approximate surface area is 189 Å². The van der Waals surface area contributed by atoms with E-state index in [4.69, 9.17) is 4.74 Å². The molecule has 0 unspecified atom stereocenters. The quantitative estimate of drug-likeness (QED) is 0.302. The summed E-state index contributed by atoms with van der Waals surface area (Å²) in [6.45, 7) is 4.39. The summed E-state index contributed by atoms with van der Waals surface area (Å²) in [7, 11) is 0. The number of aromatic nitrogens is 1. The lowest BCUT2D eigenvalue weighted by molar-refractivity contribution is -0.125. The van der Waals surface area contributed by atoms with Gasteiger partial charge in [0.15, 0.2) is 0 Å². The van der Waals surface area contributed by atoms with Crippen LogP contribution in [0.25, 0.3) is 6.08 Å². The average Bonchev–Trinajstić information content (AvgIpc) is 3.20. The van der Waals surface area contributed by atoms with E-state index in [-0.39, 0.29) is 11.7 Å². The van der Waals surface area contributed by atoms with E-state index in [1.165, 1.54) is 23.4 Å². The number of hydrogen-bond acceptors (Lipinski definition) is 6. The van der Waals surface area contributed by atoms with Crippen molar-refractivity contribution in [2.24, 2.45) is 0 Å². The van der Waals surface area contributed by atoms with Crippen molar-refractivity contribution in [2.45, 2.75) is 25.3 Å². The number of rotatable bonds is 8. The van der Waals surface area contributed by atoms with Crippen LogP contribution in [0.15, 0.2) is 64.9 Å². The first-order valence-electron chi connectivity index (χ1n) is 9.58. The third kappa shape index (κ3) is 7.92. The molecule has 0 atom stereocenters. The van der Waals surface area contributed by atoms with Gasteiger partial charge in [-0.25, -0.2) is 4.98 Å². The normalized spacial score (nSPS) is 10.8. The van der Waals surface area contributed by atoms with Crippen molar-refractivity contribution in [3.63, 3.8) is 0 Å². The lowest BCUT2D eigenvalue weighted by Crippen LogP contribution is -2.41. The maximum atomic E-state index is 11.9. The molecule has 3 aromatic rings. The van der Waals surface area contributed by atoms with Crippen molar-refractivity contribution in [3.8, 4) is 5.75 Å². The Hall–Kier alpha value is -3.10. The van der Waals surface area contributed by atoms with Crippen LogP contribution in [0.2, 0.25) is 0 Å². The van der Waals surface area contributed by atoms with Crippen LogP contribution >= 0.6 is 23.1 Å². The molecule has 0 aliphatic heterocycles. The van der Waals surface area contributed by atoms with E-state index in [1.54, 1.807) is 17.4 Å². The summed E-state index contributed by atoms with van der Waals surface area (Å²) < 4.78 is 5.70. The highest BCUT2D eigenvalue weighted by Gasteiger charge is 2.04. The summed E-state index contributed by atoms with van der Waals surface area (Å²) in [6, 6.07) is 15.3. The maximum absolute atomic E-state index is 11.9. The molecule has 8 heteroatoms. The predicted octanol–water partition coefficient (Wildman–Crippen LogP) is 4.29. The molecular weight excluding hydrogens is 430 g/mol. The fourth-order valence-electron chi connectivity index (χ4n) is 2.47. The van der Waals surface area contributed by atoms with Crippen LogP contribution in [0.3, 0.4) is 0 Å². The summed E-state index contributed by atoms with van der Waals surface area (Å²) in [6.07, 6.45) is 3.03. The molecule has 160 valence electrons. The third-order valence-electron chi connectivity index (χ3n) is 4.08. The summed E-state index contributed by atoms with van der Waals surface area (Å²) in [5.41, 5.74) is 7.70. The molecule has 0 aliphatic rings. The number of amides is 2. The lowest BCUT2D eigenvalue weighted by Gasteiger charge is -2.06. The minimum absolute atomic E-state index is 0.217. The van der Waals surface area contributed by atoms with E-state index >= 15 is 0 Å². The molecule has 0 radical (unpaired) electrons. The van der Waals surface area contributed by atoms with E-state index in [1.807, 2.05) is 67.8 Å². The van der Waals surface area contributed by atoms with Crippen LogP contribution < -0.4 is 15.6 Å². The largest absolute Gasteiger partial charge is 0.487 e. The Kier molecular flexibility index (Phi) is 8.26. The van der Waals surface area contributed by atoms with Crippen LogP contribution in [0.1, 0.15) is 21.8 Å². The lowest BCUT2D eigenvalue weighted by atomic mass is 10.2. The number of nitrogens with zero attached hydrogens (tertiary/aromatic N) is 1. The Morgan fingerprint density at radius 2 is 1.81 bits per heavy atom. The summed E-state index contributed by atoms with van der Waals surface area (Å²) in [4.78, 5) is 29.1. The Morgan fingerprint density at radius 3 is 2.48 bits per heavy atom. The third-order valence-corrected chi connectivity index (χ3v) is 5.91. The molecule has 3 rings (SSSR count). The van der Waals surface area contributed by atoms with Crippen molar-refractivity contribution >= 4 is 41.0 Å². The highest BCUT2D eigenvalue weighted by Crippen LogP contribution is 2.18. The standard InChI is InChI=1S/C23H23N3O3S2/c1-16-3-10-21(11-4-16)31-15-23(28)26-25-22(27)12-7-18-5-8-20(9-6-18)29-13-19-14-30-17(2)24-19/h3-12,14H,13,15H2,1-2H3,(H,25,27)(H,26,28)/b12-7+. The number of nitrogens with one attached hydrogen (secondary N) is 2. The second-order valence-corrected chi connectivity index (χ2v) is 8.80. The van der Waals surface area contributed by atoms with Gasteiger partial charge in [0.05, 0.1) is 16.5 Å². The van der Waals surface area contributed by atoms with E-state index < -0.39 is 5.91 Å². The van der Waals surface area contributed by atoms with E-state index in [9.17, 15) is 9.59 Å². The molecule has 0 saturated heterocycles. The molecule has 6 nitrogen and oxygen atoms in total.